The molecule has 1 saturated carbocycles. The number of rotatable bonds is 11. The van der Waals surface area contributed by atoms with Crippen molar-refractivity contribution < 1.29 is 4.74 Å². The third-order valence-corrected chi connectivity index (χ3v) is 6.00. The van der Waals surface area contributed by atoms with E-state index in [4.69, 9.17) is 4.74 Å². The molecule has 5 nitrogen and oxygen atoms in total. The third kappa shape index (κ3) is 9.79. The maximum atomic E-state index is 6.00. The van der Waals surface area contributed by atoms with Crippen LogP contribution in [0, 0.1) is 0 Å². The van der Waals surface area contributed by atoms with Crippen LogP contribution < -0.4 is 10.6 Å². The average Bonchev–Trinajstić information content (AvgIpc) is 2.72. The van der Waals surface area contributed by atoms with Gasteiger partial charge in [-0.2, -0.15) is 0 Å². The fourth-order valence-electron chi connectivity index (χ4n) is 4.16. The van der Waals surface area contributed by atoms with Crippen molar-refractivity contribution in [1.82, 2.24) is 15.5 Å². The van der Waals surface area contributed by atoms with E-state index < -0.39 is 0 Å². The Morgan fingerprint density at radius 3 is 2.48 bits per heavy atom. The van der Waals surface area contributed by atoms with E-state index in [1.807, 2.05) is 7.05 Å². The molecule has 158 valence electrons. The predicted molar refractivity (Wildman–Crippen MR) is 116 cm³/mol. The van der Waals surface area contributed by atoms with E-state index >= 15 is 0 Å². The molecule has 0 aromatic heterocycles. The Bertz CT molecular complexity index is 388. The van der Waals surface area contributed by atoms with Crippen molar-refractivity contribution in [3.63, 3.8) is 0 Å². The molecule has 0 amide bonds. The molecule has 27 heavy (non-hydrogen) atoms. The molecule has 0 spiro atoms. The highest BCUT2D eigenvalue weighted by atomic mass is 16.5. The van der Waals surface area contributed by atoms with E-state index in [1.54, 1.807) is 0 Å². The number of nitrogens with zero attached hydrogens (tertiary/aromatic N) is 2. The summed E-state index contributed by atoms with van der Waals surface area (Å²) in [7, 11) is 1.88. The van der Waals surface area contributed by atoms with Crippen molar-refractivity contribution in [3.05, 3.63) is 0 Å². The zero-order chi connectivity index (χ0) is 19.2. The van der Waals surface area contributed by atoms with E-state index in [0.29, 0.717) is 12.1 Å². The zero-order valence-corrected chi connectivity index (χ0v) is 18.0. The Morgan fingerprint density at radius 1 is 1.00 bits per heavy atom. The Kier molecular flexibility index (Phi) is 11.8. The first-order valence-corrected chi connectivity index (χ1v) is 11.6. The molecule has 1 heterocycles. The van der Waals surface area contributed by atoms with Gasteiger partial charge in [0.2, 0.25) is 0 Å². The molecule has 0 bridgehead atoms. The summed E-state index contributed by atoms with van der Waals surface area (Å²) in [4.78, 5) is 7.01. The van der Waals surface area contributed by atoms with Gasteiger partial charge in [-0.15, -0.1) is 0 Å². The van der Waals surface area contributed by atoms with Crippen LogP contribution in [0.5, 0.6) is 0 Å². The molecule has 0 aromatic carbocycles. The van der Waals surface area contributed by atoms with Gasteiger partial charge in [-0.1, -0.05) is 32.6 Å². The standard InChI is InChI=1S/C22H44N4O/c1-3-4-16-26-17-13-20(14-18-26)25-22(23-2)24-15-9-6-10-19-27-21-11-7-5-8-12-21/h20-21H,3-19H2,1-2H3,(H2,23,24,25). The fraction of sp³-hybridized carbons (Fsp3) is 0.955. The third-order valence-electron chi connectivity index (χ3n) is 6.00. The highest BCUT2D eigenvalue weighted by Crippen LogP contribution is 2.20. The number of aliphatic imine (C=N–C) groups is 1. The van der Waals surface area contributed by atoms with Crippen LogP contribution >= 0.6 is 0 Å². The molecule has 0 radical (unpaired) electrons. The highest BCUT2D eigenvalue weighted by molar-refractivity contribution is 5.79. The van der Waals surface area contributed by atoms with Crippen molar-refractivity contribution in [1.29, 1.82) is 0 Å². The van der Waals surface area contributed by atoms with Crippen LogP contribution in [0.2, 0.25) is 0 Å². The van der Waals surface area contributed by atoms with Crippen molar-refractivity contribution >= 4 is 5.96 Å². The molecular weight excluding hydrogens is 336 g/mol. The second kappa shape index (κ2) is 14.2. The summed E-state index contributed by atoms with van der Waals surface area (Å²) in [6.07, 6.45) is 15.9. The molecule has 1 aliphatic heterocycles. The summed E-state index contributed by atoms with van der Waals surface area (Å²) < 4.78 is 6.00. The van der Waals surface area contributed by atoms with Gasteiger partial charge in [0, 0.05) is 39.3 Å². The first-order valence-electron chi connectivity index (χ1n) is 11.6. The molecule has 0 aromatic rings. The van der Waals surface area contributed by atoms with Crippen molar-refractivity contribution in [2.75, 3.05) is 39.8 Å². The summed E-state index contributed by atoms with van der Waals surface area (Å²) in [5.74, 6) is 0.973. The average molecular weight is 381 g/mol. The zero-order valence-electron chi connectivity index (χ0n) is 18.0. The van der Waals surface area contributed by atoms with Gasteiger partial charge < -0.3 is 20.3 Å². The lowest BCUT2D eigenvalue weighted by Gasteiger charge is -2.33. The summed E-state index contributed by atoms with van der Waals surface area (Å²) in [6, 6.07) is 0.568. The van der Waals surface area contributed by atoms with Gasteiger partial charge in [0.05, 0.1) is 6.10 Å². The smallest absolute Gasteiger partial charge is 0.191 e. The van der Waals surface area contributed by atoms with E-state index in [1.165, 1.54) is 96.7 Å². The topological polar surface area (TPSA) is 48.9 Å². The number of hydrogen-bond donors (Lipinski definition) is 2. The maximum absolute atomic E-state index is 6.00. The van der Waals surface area contributed by atoms with Crippen LogP contribution in [0.1, 0.15) is 84.0 Å². The van der Waals surface area contributed by atoms with Crippen LogP contribution in [0.15, 0.2) is 4.99 Å². The molecular formula is C22H44N4O. The minimum absolute atomic E-state index is 0.549. The van der Waals surface area contributed by atoms with Gasteiger partial charge in [-0.3, -0.25) is 4.99 Å². The molecule has 0 unspecified atom stereocenters. The van der Waals surface area contributed by atoms with Gasteiger partial charge in [0.25, 0.3) is 0 Å². The molecule has 2 aliphatic rings. The summed E-state index contributed by atoms with van der Waals surface area (Å²) in [5.41, 5.74) is 0. The second-order valence-electron chi connectivity index (χ2n) is 8.30. The van der Waals surface area contributed by atoms with E-state index in [2.05, 4.69) is 27.4 Å². The predicted octanol–water partition coefficient (Wildman–Crippen LogP) is 3.94. The van der Waals surface area contributed by atoms with Gasteiger partial charge in [0.1, 0.15) is 0 Å². The van der Waals surface area contributed by atoms with E-state index in [0.717, 1.165) is 19.1 Å². The molecule has 1 aliphatic carbocycles. The lowest BCUT2D eigenvalue weighted by Crippen LogP contribution is -2.48. The van der Waals surface area contributed by atoms with Crippen LogP contribution in [-0.4, -0.2) is 62.8 Å². The fourth-order valence-corrected chi connectivity index (χ4v) is 4.16. The Labute approximate surface area is 167 Å². The van der Waals surface area contributed by atoms with Crippen molar-refractivity contribution in [2.45, 2.75) is 96.1 Å². The number of likely N-dealkylation sites (tertiary alicyclic amines) is 1. The Balaban J connectivity index is 1.46. The largest absolute Gasteiger partial charge is 0.378 e. The highest BCUT2D eigenvalue weighted by Gasteiger charge is 2.19. The Morgan fingerprint density at radius 2 is 1.78 bits per heavy atom. The van der Waals surface area contributed by atoms with Crippen LogP contribution in [0.4, 0.5) is 0 Å². The van der Waals surface area contributed by atoms with Gasteiger partial charge in [-0.25, -0.2) is 0 Å². The summed E-state index contributed by atoms with van der Waals surface area (Å²) in [6.45, 7) is 7.91. The number of unbranched alkanes of at least 4 members (excludes halogenated alkanes) is 3. The normalized spacial score (nSPS) is 20.7. The number of piperidine rings is 1. The lowest BCUT2D eigenvalue weighted by atomic mass is 9.98. The number of hydrogen-bond acceptors (Lipinski definition) is 3. The monoisotopic (exact) mass is 380 g/mol. The molecule has 5 heteroatoms. The number of guanidine groups is 1. The molecule has 2 fully saturated rings. The molecule has 2 N–H and O–H groups in total. The minimum Gasteiger partial charge on any atom is -0.378 e. The van der Waals surface area contributed by atoms with Crippen LogP contribution in [0.25, 0.3) is 0 Å². The summed E-state index contributed by atoms with van der Waals surface area (Å²) in [5, 5.41) is 7.10. The second-order valence-corrected chi connectivity index (χ2v) is 8.30. The van der Waals surface area contributed by atoms with Crippen LogP contribution in [0.3, 0.4) is 0 Å². The molecule has 0 atom stereocenters. The Hall–Kier alpha value is -0.810. The minimum atomic E-state index is 0.549. The SMILES string of the molecule is CCCCN1CCC(NC(=NC)NCCCCCOC2CCCCC2)CC1. The van der Waals surface area contributed by atoms with Gasteiger partial charge >= 0.3 is 0 Å². The van der Waals surface area contributed by atoms with E-state index in [9.17, 15) is 0 Å². The van der Waals surface area contributed by atoms with Crippen molar-refractivity contribution in [2.24, 2.45) is 4.99 Å². The number of nitrogens with one attached hydrogen (secondary N) is 2. The van der Waals surface area contributed by atoms with Crippen molar-refractivity contribution in [3.8, 4) is 0 Å². The van der Waals surface area contributed by atoms with Gasteiger partial charge in [0.15, 0.2) is 5.96 Å². The lowest BCUT2D eigenvalue weighted by molar-refractivity contribution is 0.0264. The van der Waals surface area contributed by atoms with E-state index in [-0.39, 0.29) is 0 Å². The quantitative estimate of drug-likeness (QED) is 0.324. The van der Waals surface area contributed by atoms with Gasteiger partial charge in [-0.05, 0) is 57.9 Å². The summed E-state index contributed by atoms with van der Waals surface area (Å²) >= 11 is 0. The maximum Gasteiger partial charge on any atom is 0.191 e. The number of ether oxygens (including phenoxy) is 1. The first-order chi connectivity index (χ1) is 13.3. The molecule has 1 saturated heterocycles. The first kappa shape index (κ1) is 22.5. The molecule has 2 rings (SSSR count). The van der Waals surface area contributed by atoms with Crippen LogP contribution in [-0.2, 0) is 4.74 Å².